The zero-order valence-corrected chi connectivity index (χ0v) is 24.8. The Hall–Kier alpha value is -3.53. The number of carbonyl (C=O) groups is 1. The summed E-state index contributed by atoms with van der Waals surface area (Å²) in [5.41, 5.74) is 2.85. The third kappa shape index (κ3) is 6.07. The van der Waals surface area contributed by atoms with E-state index in [4.69, 9.17) is 16.3 Å². The predicted molar refractivity (Wildman–Crippen MR) is 164 cm³/mol. The maximum absolute atomic E-state index is 13.0. The Bertz CT molecular complexity index is 1570. The average molecular weight is 589 g/mol. The van der Waals surface area contributed by atoms with Gasteiger partial charge in [-0.2, -0.15) is 0 Å². The lowest BCUT2D eigenvalue weighted by Crippen LogP contribution is -2.35. The van der Waals surface area contributed by atoms with Crippen molar-refractivity contribution in [2.45, 2.75) is 58.3 Å². The van der Waals surface area contributed by atoms with Gasteiger partial charge in [0.25, 0.3) is 0 Å². The Morgan fingerprint density at radius 2 is 2.02 bits per heavy atom. The highest BCUT2D eigenvalue weighted by Gasteiger charge is 2.27. The molecule has 2 atom stereocenters. The summed E-state index contributed by atoms with van der Waals surface area (Å²) in [5.74, 6) is 1.39. The molecular formula is C31H33ClN6O2S. The molecule has 0 spiro atoms. The number of anilines is 2. The molecule has 1 amide bonds. The molecule has 0 aliphatic carbocycles. The molecule has 0 saturated carbocycles. The molecule has 4 aromatic rings. The van der Waals surface area contributed by atoms with Crippen molar-refractivity contribution in [3.8, 4) is 5.75 Å². The molecule has 0 bridgehead atoms. The van der Waals surface area contributed by atoms with Gasteiger partial charge < -0.3 is 15.0 Å². The lowest BCUT2D eigenvalue weighted by molar-refractivity contribution is -0.126. The van der Waals surface area contributed by atoms with Gasteiger partial charge >= 0.3 is 0 Å². The topological polar surface area (TPSA) is 83.5 Å². The van der Waals surface area contributed by atoms with Crippen LogP contribution in [0.25, 0.3) is 10.2 Å². The normalized spacial score (nSPS) is 19.1. The van der Waals surface area contributed by atoms with Crippen LogP contribution in [0.3, 0.4) is 0 Å². The molecule has 2 aliphatic rings. The molecule has 2 unspecified atom stereocenters. The van der Waals surface area contributed by atoms with Crippen molar-refractivity contribution in [2.75, 3.05) is 18.4 Å². The molecule has 1 saturated heterocycles. The molecule has 1 aromatic carbocycles. The summed E-state index contributed by atoms with van der Waals surface area (Å²) in [7, 11) is 0. The fourth-order valence-corrected chi connectivity index (χ4v) is 7.11. The van der Waals surface area contributed by atoms with E-state index in [-0.39, 0.29) is 5.91 Å². The number of likely N-dealkylation sites (tertiary alicyclic amines) is 1. The number of ether oxygens (including phenoxy) is 1. The van der Waals surface area contributed by atoms with E-state index < -0.39 is 0 Å². The Kier molecular flexibility index (Phi) is 8.18. The monoisotopic (exact) mass is 588 g/mol. The van der Waals surface area contributed by atoms with E-state index in [1.165, 1.54) is 18.4 Å². The minimum Gasteiger partial charge on any atom is -0.486 e. The number of halogens is 1. The number of nitrogens with zero attached hydrogens (tertiary/aromatic N) is 5. The molecule has 10 heteroatoms. The van der Waals surface area contributed by atoms with Crippen LogP contribution >= 0.6 is 22.9 Å². The second-order valence-corrected chi connectivity index (χ2v) is 12.2. The first-order chi connectivity index (χ1) is 20.0. The molecule has 6 rings (SSSR count). The quantitative estimate of drug-likeness (QED) is 0.239. The van der Waals surface area contributed by atoms with Crippen molar-refractivity contribution < 1.29 is 9.53 Å². The second kappa shape index (κ2) is 12.1. The molecule has 0 radical (unpaired) electrons. The van der Waals surface area contributed by atoms with Gasteiger partial charge in [-0.15, -0.1) is 11.3 Å². The van der Waals surface area contributed by atoms with Crippen LogP contribution in [0.5, 0.6) is 5.75 Å². The number of nitrogens with one attached hydrogen (secondary N) is 1. The van der Waals surface area contributed by atoms with Crippen LogP contribution in [-0.4, -0.2) is 55.8 Å². The van der Waals surface area contributed by atoms with Gasteiger partial charge in [0.15, 0.2) is 0 Å². The SMILES string of the molecule is CC1CCC(C)N1CC=CC(=O)N1CCc2c(sc3ncnc(Nc4ccc(OCc5ccccn5)c(Cl)c4)c23)C1. The Morgan fingerprint density at radius 3 is 2.80 bits per heavy atom. The number of pyridine rings is 1. The average Bonchev–Trinajstić information content (AvgIpc) is 3.52. The smallest absolute Gasteiger partial charge is 0.246 e. The van der Waals surface area contributed by atoms with Crippen LogP contribution in [0, 0.1) is 0 Å². The fraction of sp³-hybridized carbons (Fsp3) is 0.355. The first-order valence-corrected chi connectivity index (χ1v) is 15.2. The van der Waals surface area contributed by atoms with Crippen molar-refractivity contribution in [1.82, 2.24) is 24.8 Å². The Balaban J connectivity index is 1.13. The number of amides is 1. The second-order valence-electron chi connectivity index (χ2n) is 10.7. The highest BCUT2D eigenvalue weighted by molar-refractivity contribution is 7.19. The molecule has 3 aromatic heterocycles. The van der Waals surface area contributed by atoms with Gasteiger partial charge in [0.2, 0.25) is 5.91 Å². The molecule has 5 heterocycles. The number of thiophene rings is 1. The van der Waals surface area contributed by atoms with Gasteiger partial charge in [0, 0.05) is 48.0 Å². The van der Waals surface area contributed by atoms with Gasteiger partial charge in [0.1, 0.15) is 29.3 Å². The molecule has 41 heavy (non-hydrogen) atoms. The molecule has 212 valence electrons. The predicted octanol–water partition coefficient (Wildman–Crippen LogP) is 6.38. The number of fused-ring (bicyclic) bond motifs is 3. The third-order valence-electron chi connectivity index (χ3n) is 7.96. The van der Waals surface area contributed by atoms with E-state index in [0.29, 0.717) is 42.6 Å². The van der Waals surface area contributed by atoms with Crippen molar-refractivity contribution >= 4 is 50.6 Å². The highest BCUT2D eigenvalue weighted by Crippen LogP contribution is 2.39. The standard InChI is InChI=1S/C31H33ClN6O2S/c1-20-8-9-21(2)38(20)14-5-7-28(39)37-15-12-24-27(17-37)41-31-29(24)30(34-19-35-31)36-22-10-11-26(25(32)16-22)40-18-23-6-3-4-13-33-23/h3-7,10-11,13,16,19-21H,8-9,12,14-15,17-18H2,1-2H3,(H,34,35,36). The van der Waals surface area contributed by atoms with Crippen molar-refractivity contribution in [2.24, 2.45) is 0 Å². The summed E-state index contributed by atoms with van der Waals surface area (Å²) in [6, 6.07) is 12.5. The van der Waals surface area contributed by atoms with Gasteiger partial charge in [0.05, 0.1) is 22.6 Å². The lowest BCUT2D eigenvalue weighted by atomic mass is 10.0. The van der Waals surface area contributed by atoms with E-state index >= 15 is 0 Å². The van der Waals surface area contributed by atoms with Gasteiger partial charge in [-0.3, -0.25) is 14.7 Å². The largest absolute Gasteiger partial charge is 0.486 e. The first kappa shape index (κ1) is 27.6. The maximum Gasteiger partial charge on any atom is 0.246 e. The summed E-state index contributed by atoms with van der Waals surface area (Å²) in [5, 5.41) is 4.94. The molecule has 1 fully saturated rings. The van der Waals surface area contributed by atoms with E-state index in [0.717, 1.165) is 45.3 Å². The maximum atomic E-state index is 13.0. The van der Waals surface area contributed by atoms with Crippen molar-refractivity contribution in [3.63, 3.8) is 0 Å². The minimum absolute atomic E-state index is 0.0667. The van der Waals surface area contributed by atoms with E-state index in [1.54, 1.807) is 29.9 Å². The Morgan fingerprint density at radius 1 is 1.17 bits per heavy atom. The first-order valence-electron chi connectivity index (χ1n) is 14.0. The summed E-state index contributed by atoms with van der Waals surface area (Å²) in [6.07, 6.45) is 10.3. The summed E-state index contributed by atoms with van der Waals surface area (Å²) < 4.78 is 5.86. The Labute approximate surface area is 249 Å². The van der Waals surface area contributed by atoms with E-state index in [1.807, 2.05) is 47.4 Å². The van der Waals surface area contributed by atoms with Crippen LogP contribution in [0.4, 0.5) is 11.5 Å². The van der Waals surface area contributed by atoms with Crippen LogP contribution in [0.2, 0.25) is 5.02 Å². The number of aromatic nitrogens is 3. The lowest BCUT2D eigenvalue weighted by Gasteiger charge is -2.27. The fourth-order valence-electron chi connectivity index (χ4n) is 5.67. The summed E-state index contributed by atoms with van der Waals surface area (Å²) in [6.45, 7) is 6.95. The van der Waals surface area contributed by atoms with E-state index in [2.05, 4.69) is 39.0 Å². The van der Waals surface area contributed by atoms with E-state index in [9.17, 15) is 4.79 Å². The van der Waals surface area contributed by atoms with Gasteiger partial charge in [-0.25, -0.2) is 9.97 Å². The van der Waals surface area contributed by atoms with Crippen LogP contribution in [0.15, 0.2) is 61.1 Å². The summed E-state index contributed by atoms with van der Waals surface area (Å²) in [4.78, 5) is 32.9. The zero-order chi connectivity index (χ0) is 28.3. The number of rotatable bonds is 8. The minimum atomic E-state index is 0.0667. The third-order valence-corrected chi connectivity index (χ3v) is 9.38. The molecule has 8 nitrogen and oxygen atoms in total. The number of benzene rings is 1. The highest BCUT2D eigenvalue weighted by atomic mass is 35.5. The zero-order valence-electron chi connectivity index (χ0n) is 23.2. The number of hydrogen-bond acceptors (Lipinski definition) is 8. The van der Waals surface area contributed by atoms with Gasteiger partial charge in [-0.1, -0.05) is 23.7 Å². The molecular weight excluding hydrogens is 556 g/mol. The van der Waals surface area contributed by atoms with Crippen molar-refractivity contribution in [3.05, 3.63) is 82.2 Å². The molecule has 2 aliphatic heterocycles. The van der Waals surface area contributed by atoms with Crippen LogP contribution in [-0.2, 0) is 24.4 Å². The number of hydrogen-bond donors (Lipinski definition) is 1. The van der Waals surface area contributed by atoms with Crippen LogP contribution < -0.4 is 10.1 Å². The van der Waals surface area contributed by atoms with Crippen LogP contribution in [0.1, 0.15) is 42.8 Å². The summed E-state index contributed by atoms with van der Waals surface area (Å²) >= 11 is 8.18. The van der Waals surface area contributed by atoms with Crippen molar-refractivity contribution in [1.29, 1.82) is 0 Å². The molecule has 1 N–H and O–H groups in total. The van der Waals surface area contributed by atoms with Gasteiger partial charge in [-0.05, 0) is 69.0 Å². The number of carbonyl (C=O) groups excluding carboxylic acids is 1.